The topological polar surface area (TPSA) is 75.7 Å². The molecule has 0 aromatic carbocycles. The van der Waals surface area contributed by atoms with E-state index in [0.29, 0.717) is 32.7 Å². The Labute approximate surface area is 120 Å². The van der Waals surface area contributed by atoms with E-state index in [1.165, 1.54) is 10.6 Å². The van der Waals surface area contributed by atoms with Gasteiger partial charge in [0.25, 0.3) is 0 Å². The molecule has 0 aliphatic carbocycles. The third-order valence-electron chi connectivity index (χ3n) is 4.31. The first kappa shape index (κ1) is 15.9. The van der Waals surface area contributed by atoms with Crippen molar-refractivity contribution in [2.24, 2.45) is 11.8 Å². The Hall–Kier alpha value is -0.500. The number of nitrogens with zero attached hydrogens (tertiary/aromatic N) is 1. The van der Waals surface area contributed by atoms with Crippen LogP contribution >= 0.6 is 0 Å². The quantitative estimate of drug-likeness (QED) is 0.764. The van der Waals surface area contributed by atoms with Crippen molar-refractivity contribution < 1.29 is 17.9 Å². The van der Waals surface area contributed by atoms with Crippen LogP contribution in [0.2, 0.25) is 0 Å². The molecular formula is C13H24N2O4S. The van der Waals surface area contributed by atoms with E-state index in [2.05, 4.69) is 5.32 Å². The minimum atomic E-state index is -3.14. The molecule has 3 unspecified atom stereocenters. The van der Waals surface area contributed by atoms with Crippen molar-refractivity contribution in [1.29, 1.82) is 0 Å². The maximum Gasteiger partial charge on any atom is 0.211 e. The summed E-state index contributed by atoms with van der Waals surface area (Å²) in [6, 6.07) is 0.0945. The number of ether oxygens (including phenoxy) is 1. The number of carbonyl (C=O) groups is 1. The van der Waals surface area contributed by atoms with Crippen LogP contribution in [0.25, 0.3) is 0 Å². The third kappa shape index (κ3) is 3.78. The number of hydrogen-bond acceptors (Lipinski definition) is 5. The molecule has 2 aliphatic heterocycles. The van der Waals surface area contributed by atoms with Crippen molar-refractivity contribution in [3.05, 3.63) is 0 Å². The molecule has 2 fully saturated rings. The van der Waals surface area contributed by atoms with Gasteiger partial charge in [-0.05, 0) is 25.8 Å². The van der Waals surface area contributed by atoms with Crippen LogP contribution in [-0.2, 0) is 19.6 Å². The fourth-order valence-corrected chi connectivity index (χ4v) is 4.03. The van der Waals surface area contributed by atoms with Crippen molar-refractivity contribution in [3.63, 3.8) is 0 Å². The molecule has 3 atom stereocenters. The van der Waals surface area contributed by atoms with Crippen LogP contribution in [0.3, 0.4) is 0 Å². The Bertz CT molecular complexity index is 451. The molecule has 2 saturated heterocycles. The molecular weight excluding hydrogens is 280 g/mol. The number of ketones is 1. The molecule has 2 rings (SSSR count). The average Bonchev–Trinajstić information content (AvgIpc) is 2.86. The number of nitrogens with one attached hydrogen (secondary N) is 1. The van der Waals surface area contributed by atoms with E-state index in [-0.39, 0.29) is 23.7 Å². The molecule has 0 radical (unpaired) electrons. The number of carbonyl (C=O) groups excluding carboxylic acids is 1. The van der Waals surface area contributed by atoms with Crippen LogP contribution in [-0.4, -0.2) is 64.2 Å². The van der Waals surface area contributed by atoms with E-state index in [1.807, 2.05) is 7.05 Å². The monoisotopic (exact) mass is 304 g/mol. The van der Waals surface area contributed by atoms with Gasteiger partial charge in [-0.1, -0.05) is 0 Å². The summed E-state index contributed by atoms with van der Waals surface area (Å²) in [6.07, 6.45) is 3.45. The minimum Gasteiger partial charge on any atom is -0.379 e. The lowest BCUT2D eigenvalue weighted by Gasteiger charge is -2.31. The highest BCUT2D eigenvalue weighted by Gasteiger charge is 2.35. The Morgan fingerprint density at radius 1 is 1.40 bits per heavy atom. The van der Waals surface area contributed by atoms with Crippen molar-refractivity contribution in [2.45, 2.75) is 25.3 Å². The summed E-state index contributed by atoms with van der Waals surface area (Å²) >= 11 is 0. The minimum absolute atomic E-state index is 0.0892. The zero-order valence-corrected chi connectivity index (χ0v) is 13.0. The van der Waals surface area contributed by atoms with Crippen molar-refractivity contribution >= 4 is 15.8 Å². The van der Waals surface area contributed by atoms with E-state index in [0.717, 1.165) is 12.8 Å². The van der Waals surface area contributed by atoms with Gasteiger partial charge in [-0.2, -0.15) is 0 Å². The van der Waals surface area contributed by atoms with Crippen LogP contribution in [0.15, 0.2) is 0 Å². The summed E-state index contributed by atoms with van der Waals surface area (Å²) in [7, 11) is -1.31. The second kappa shape index (κ2) is 6.51. The normalized spacial score (nSPS) is 32.4. The number of piperidine rings is 1. The Kier molecular flexibility index (Phi) is 5.17. The first-order valence-electron chi connectivity index (χ1n) is 7.14. The second-order valence-electron chi connectivity index (χ2n) is 5.84. The summed E-state index contributed by atoms with van der Waals surface area (Å²) < 4.78 is 30.0. The van der Waals surface area contributed by atoms with Crippen LogP contribution in [0.5, 0.6) is 0 Å². The maximum atomic E-state index is 12.4. The highest BCUT2D eigenvalue weighted by Crippen LogP contribution is 2.25. The first-order valence-corrected chi connectivity index (χ1v) is 8.99. The molecule has 6 nitrogen and oxygen atoms in total. The lowest BCUT2D eigenvalue weighted by Crippen LogP contribution is -2.42. The van der Waals surface area contributed by atoms with E-state index >= 15 is 0 Å². The van der Waals surface area contributed by atoms with Gasteiger partial charge in [-0.3, -0.25) is 4.79 Å². The van der Waals surface area contributed by atoms with Crippen molar-refractivity contribution in [2.75, 3.05) is 39.6 Å². The second-order valence-corrected chi connectivity index (χ2v) is 7.82. The van der Waals surface area contributed by atoms with Gasteiger partial charge >= 0.3 is 0 Å². The summed E-state index contributed by atoms with van der Waals surface area (Å²) in [4.78, 5) is 12.4. The van der Waals surface area contributed by atoms with E-state index in [4.69, 9.17) is 4.74 Å². The maximum absolute atomic E-state index is 12.4. The van der Waals surface area contributed by atoms with Gasteiger partial charge in [0.15, 0.2) is 0 Å². The number of sulfonamides is 1. The summed E-state index contributed by atoms with van der Waals surface area (Å²) in [5.41, 5.74) is 0. The molecule has 0 spiro atoms. The van der Waals surface area contributed by atoms with E-state index in [1.54, 1.807) is 0 Å². The molecule has 0 amide bonds. The number of likely N-dealkylation sites (N-methyl/N-ethyl adjacent to an activating group) is 1. The Morgan fingerprint density at radius 2 is 2.15 bits per heavy atom. The lowest BCUT2D eigenvalue weighted by atomic mass is 9.87. The fourth-order valence-electron chi connectivity index (χ4n) is 3.09. The molecule has 0 aromatic heterocycles. The lowest BCUT2D eigenvalue weighted by molar-refractivity contribution is -0.124. The number of Topliss-reactive ketones (excluding diaryl/α,β-unsaturated/α-hetero) is 1. The zero-order chi connectivity index (χ0) is 14.8. The predicted octanol–water partition coefficient (Wildman–Crippen LogP) is -0.148. The largest absolute Gasteiger partial charge is 0.379 e. The Morgan fingerprint density at radius 3 is 2.80 bits per heavy atom. The van der Waals surface area contributed by atoms with Crippen LogP contribution < -0.4 is 5.32 Å². The molecule has 0 bridgehead atoms. The van der Waals surface area contributed by atoms with Gasteiger partial charge in [-0.25, -0.2) is 12.7 Å². The van der Waals surface area contributed by atoms with Crippen LogP contribution in [0.1, 0.15) is 19.3 Å². The highest BCUT2D eigenvalue weighted by molar-refractivity contribution is 7.88. The average molecular weight is 304 g/mol. The van der Waals surface area contributed by atoms with E-state index < -0.39 is 10.0 Å². The number of hydrogen-bond donors (Lipinski definition) is 1. The third-order valence-corrected chi connectivity index (χ3v) is 5.58. The van der Waals surface area contributed by atoms with Crippen molar-refractivity contribution in [1.82, 2.24) is 9.62 Å². The molecule has 0 aromatic rings. The highest BCUT2D eigenvalue weighted by atomic mass is 32.2. The van der Waals surface area contributed by atoms with Gasteiger partial charge in [0.05, 0.1) is 25.4 Å². The smallest absolute Gasteiger partial charge is 0.211 e. The van der Waals surface area contributed by atoms with Crippen LogP contribution in [0, 0.1) is 11.8 Å². The molecule has 0 saturated carbocycles. The van der Waals surface area contributed by atoms with Gasteiger partial charge in [0.1, 0.15) is 5.78 Å². The predicted molar refractivity (Wildman–Crippen MR) is 75.9 cm³/mol. The van der Waals surface area contributed by atoms with Gasteiger partial charge < -0.3 is 10.1 Å². The molecule has 2 heterocycles. The van der Waals surface area contributed by atoms with E-state index in [9.17, 15) is 13.2 Å². The summed E-state index contributed by atoms with van der Waals surface area (Å²) in [5.74, 6) is 0.250. The van der Waals surface area contributed by atoms with Gasteiger partial charge in [0, 0.05) is 25.6 Å². The number of rotatable bonds is 5. The first-order chi connectivity index (χ1) is 9.41. The molecule has 2 aliphatic rings. The summed E-state index contributed by atoms with van der Waals surface area (Å²) in [5, 5.41) is 3.11. The molecule has 20 heavy (non-hydrogen) atoms. The zero-order valence-electron chi connectivity index (χ0n) is 12.2. The summed E-state index contributed by atoms with van der Waals surface area (Å²) in [6.45, 7) is 2.11. The SMILES string of the molecule is CNC1COCC1C(=O)CC1CCCN(S(C)(=O)=O)C1. The Balaban J connectivity index is 1.91. The van der Waals surface area contributed by atoms with Crippen LogP contribution in [0.4, 0.5) is 0 Å². The molecule has 1 N–H and O–H groups in total. The molecule has 7 heteroatoms. The standard InChI is InChI=1S/C13H24N2O4S/c1-14-12-9-19-8-11(12)13(16)6-10-4-3-5-15(7-10)20(2,17)18/h10-12,14H,3-9H2,1-2H3. The van der Waals surface area contributed by atoms with Gasteiger partial charge in [-0.15, -0.1) is 0 Å². The van der Waals surface area contributed by atoms with Gasteiger partial charge in [0.2, 0.25) is 10.0 Å². The fraction of sp³-hybridized carbons (Fsp3) is 0.923. The van der Waals surface area contributed by atoms with Crippen molar-refractivity contribution in [3.8, 4) is 0 Å². The molecule has 116 valence electrons.